The van der Waals surface area contributed by atoms with Crippen LogP contribution in [0.25, 0.3) is 0 Å². The molecule has 0 unspecified atom stereocenters. The minimum atomic E-state index is 0.892. The lowest BCUT2D eigenvalue weighted by Gasteiger charge is -2.23. The molecule has 0 spiro atoms. The van der Waals surface area contributed by atoms with Crippen molar-refractivity contribution < 1.29 is 0 Å². The monoisotopic (exact) mass is 222 g/mol. The molecule has 1 aliphatic heterocycles. The van der Waals surface area contributed by atoms with Gasteiger partial charge >= 0.3 is 0 Å². The number of anilines is 2. The first-order chi connectivity index (χ1) is 7.27. The molecule has 3 heteroatoms. The average molecular weight is 222 g/mol. The third-order valence-electron chi connectivity index (χ3n) is 2.84. The van der Waals surface area contributed by atoms with Crippen LogP contribution in [0.1, 0.15) is 12.0 Å². The van der Waals surface area contributed by atoms with Crippen molar-refractivity contribution in [1.82, 2.24) is 0 Å². The van der Waals surface area contributed by atoms with E-state index in [0.717, 1.165) is 12.2 Å². The number of hydrogen-bond acceptors (Lipinski definition) is 3. The fraction of sp³-hybridized carbons (Fsp3) is 0.500. The number of aryl methyl sites for hydroxylation is 1. The van der Waals surface area contributed by atoms with E-state index in [1.54, 1.807) is 0 Å². The Morgan fingerprint density at radius 1 is 1.27 bits per heavy atom. The highest BCUT2D eigenvalue weighted by Gasteiger charge is 2.10. The van der Waals surface area contributed by atoms with Gasteiger partial charge in [0.05, 0.1) is 0 Å². The molecule has 0 bridgehead atoms. The van der Waals surface area contributed by atoms with Gasteiger partial charge in [-0.25, -0.2) is 0 Å². The molecule has 2 N–H and O–H groups in total. The van der Waals surface area contributed by atoms with Crippen LogP contribution in [0.5, 0.6) is 0 Å². The molecule has 82 valence electrons. The normalized spacial score (nSPS) is 17.5. The quantitative estimate of drug-likeness (QED) is 0.740. The summed E-state index contributed by atoms with van der Waals surface area (Å²) in [4.78, 5) is 2.46. The maximum absolute atomic E-state index is 5.83. The fourth-order valence-corrected chi connectivity index (χ4v) is 2.75. The summed E-state index contributed by atoms with van der Waals surface area (Å²) in [5.41, 5.74) is 9.23. The van der Waals surface area contributed by atoms with Crippen molar-refractivity contribution in [2.75, 3.05) is 35.2 Å². The van der Waals surface area contributed by atoms with Gasteiger partial charge in [-0.3, -0.25) is 0 Å². The van der Waals surface area contributed by atoms with Gasteiger partial charge in [0.25, 0.3) is 0 Å². The Kier molecular flexibility index (Phi) is 3.41. The molecule has 0 saturated carbocycles. The molecular formula is C12H18N2S. The average Bonchev–Trinajstić information content (AvgIpc) is 2.50. The molecule has 0 amide bonds. The summed E-state index contributed by atoms with van der Waals surface area (Å²) in [5, 5.41) is 0. The van der Waals surface area contributed by atoms with Gasteiger partial charge in [-0.2, -0.15) is 11.8 Å². The van der Waals surface area contributed by atoms with E-state index >= 15 is 0 Å². The molecule has 0 aliphatic carbocycles. The molecule has 1 aromatic carbocycles. The minimum Gasteiger partial charge on any atom is -0.399 e. The van der Waals surface area contributed by atoms with Crippen LogP contribution >= 0.6 is 11.8 Å². The highest BCUT2D eigenvalue weighted by Crippen LogP contribution is 2.22. The highest BCUT2D eigenvalue weighted by molar-refractivity contribution is 7.99. The van der Waals surface area contributed by atoms with Crippen LogP contribution < -0.4 is 10.6 Å². The largest absolute Gasteiger partial charge is 0.399 e. The summed E-state index contributed by atoms with van der Waals surface area (Å²) in [6.45, 7) is 4.41. The van der Waals surface area contributed by atoms with E-state index in [4.69, 9.17) is 5.73 Å². The van der Waals surface area contributed by atoms with Crippen LogP contribution in [0.15, 0.2) is 18.2 Å². The Morgan fingerprint density at radius 2 is 2.13 bits per heavy atom. The lowest BCUT2D eigenvalue weighted by molar-refractivity contribution is 0.816. The molecule has 1 heterocycles. The molecule has 1 aromatic rings. The molecule has 0 aromatic heterocycles. The van der Waals surface area contributed by atoms with Gasteiger partial charge in [-0.05, 0) is 42.9 Å². The predicted molar refractivity (Wildman–Crippen MR) is 69.7 cm³/mol. The Morgan fingerprint density at radius 3 is 2.93 bits per heavy atom. The van der Waals surface area contributed by atoms with Crippen molar-refractivity contribution in [3.05, 3.63) is 23.8 Å². The third-order valence-corrected chi connectivity index (χ3v) is 3.89. The molecule has 15 heavy (non-hydrogen) atoms. The second-order valence-corrected chi connectivity index (χ2v) is 5.22. The molecule has 1 fully saturated rings. The van der Waals surface area contributed by atoms with Gasteiger partial charge in [-0.1, -0.05) is 0 Å². The van der Waals surface area contributed by atoms with Crippen LogP contribution in [-0.2, 0) is 0 Å². The fourth-order valence-electron chi connectivity index (χ4n) is 1.86. The molecule has 2 rings (SSSR count). The Hall–Kier alpha value is -0.830. The van der Waals surface area contributed by atoms with E-state index in [0.29, 0.717) is 0 Å². The smallest absolute Gasteiger partial charge is 0.0370 e. The SMILES string of the molecule is Cc1cc(N2CCCSCC2)ccc1N. The van der Waals surface area contributed by atoms with Crippen LogP contribution in [0.4, 0.5) is 11.4 Å². The third kappa shape index (κ3) is 2.59. The lowest BCUT2D eigenvalue weighted by Crippen LogP contribution is -2.25. The zero-order valence-electron chi connectivity index (χ0n) is 9.20. The zero-order chi connectivity index (χ0) is 10.7. The van der Waals surface area contributed by atoms with Crippen LogP contribution in [0, 0.1) is 6.92 Å². The number of thioether (sulfide) groups is 1. The second kappa shape index (κ2) is 4.79. The van der Waals surface area contributed by atoms with Gasteiger partial charge in [-0.15, -0.1) is 0 Å². The standard InChI is InChI=1S/C12H18N2S/c1-10-9-11(3-4-12(10)13)14-5-2-7-15-8-6-14/h3-4,9H,2,5-8,13H2,1H3. The Bertz CT molecular complexity index is 330. The Balaban J connectivity index is 2.16. The van der Waals surface area contributed by atoms with Crippen molar-refractivity contribution in [3.8, 4) is 0 Å². The number of benzene rings is 1. The maximum atomic E-state index is 5.83. The first kappa shape index (κ1) is 10.7. The van der Waals surface area contributed by atoms with Crippen LogP contribution in [0.2, 0.25) is 0 Å². The number of hydrogen-bond donors (Lipinski definition) is 1. The number of nitrogens with two attached hydrogens (primary N) is 1. The van der Waals surface area contributed by atoms with Crippen molar-refractivity contribution in [3.63, 3.8) is 0 Å². The summed E-state index contributed by atoms with van der Waals surface area (Å²) in [6.07, 6.45) is 1.29. The van der Waals surface area contributed by atoms with Gasteiger partial charge in [0.15, 0.2) is 0 Å². The first-order valence-electron chi connectivity index (χ1n) is 5.46. The van der Waals surface area contributed by atoms with E-state index in [2.05, 4.69) is 35.7 Å². The summed E-state index contributed by atoms with van der Waals surface area (Å²) in [7, 11) is 0. The van der Waals surface area contributed by atoms with Gasteiger partial charge in [0.2, 0.25) is 0 Å². The second-order valence-electron chi connectivity index (χ2n) is 3.99. The van der Waals surface area contributed by atoms with Crippen LogP contribution in [0.3, 0.4) is 0 Å². The summed E-state index contributed by atoms with van der Waals surface area (Å²) in [5.74, 6) is 2.54. The number of nitrogens with zero attached hydrogens (tertiary/aromatic N) is 1. The van der Waals surface area contributed by atoms with Crippen molar-refractivity contribution in [1.29, 1.82) is 0 Å². The lowest BCUT2D eigenvalue weighted by atomic mass is 10.1. The Labute approximate surface area is 95.8 Å². The molecule has 1 saturated heterocycles. The number of nitrogen functional groups attached to an aromatic ring is 1. The van der Waals surface area contributed by atoms with Gasteiger partial charge < -0.3 is 10.6 Å². The van der Waals surface area contributed by atoms with E-state index in [1.807, 2.05) is 6.07 Å². The zero-order valence-corrected chi connectivity index (χ0v) is 10.0. The summed E-state index contributed by atoms with van der Waals surface area (Å²) < 4.78 is 0. The van der Waals surface area contributed by atoms with E-state index in [-0.39, 0.29) is 0 Å². The first-order valence-corrected chi connectivity index (χ1v) is 6.61. The van der Waals surface area contributed by atoms with E-state index < -0.39 is 0 Å². The topological polar surface area (TPSA) is 29.3 Å². The molecule has 0 atom stereocenters. The van der Waals surface area contributed by atoms with E-state index in [1.165, 1.54) is 35.7 Å². The molecule has 2 nitrogen and oxygen atoms in total. The molecular weight excluding hydrogens is 204 g/mol. The summed E-state index contributed by atoms with van der Waals surface area (Å²) in [6, 6.07) is 6.35. The van der Waals surface area contributed by atoms with Gasteiger partial charge in [0, 0.05) is 30.2 Å². The van der Waals surface area contributed by atoms with Crippen molar-refractivity contribution >= 4 is 23.1 Å². The van der Waals surface area contributed by atoms with Crippen molar-refractivity contribution in [2.45, 2.75) is 13.3 Å². The predicted octanol–water partition coefficient (Wildman–Crippen LogP) is 2.52. The summed E-state index contributed by atoms with van der Waals surface area (Å²) >= 11 is 2.06. The molecule has 0 radical (unpaired) electrons. The van der Waals surface area contributed by atoms with E-state index in [9.17, 15) is 0 Å². The number of rotatable bonds is 1. The minimum absolute atomic E-state index is 0.892. The molecule has 1 aliphatic rings. The highest BCUT2D eigenvalue weighted by atomic mass is 32.2. The van der Waals surface area contributed by atoms with Crippen LogP contribution in [-0.4, -0.2) is 24.6 Å². The maximum Gasteiger partial charge on any atom is 0.0370 e. The van der Waals surface area contributed by atoms with Gasteiger partial charge in [0.1, 0.15) is 0 Å². The van der Waals surface area contributed by atoms with Crippen molar-refractivity contribution in [2.24, 2.45) is 0 Å².